The minimum absolute atomic E-state index is 0.00183. The topological polar surface area (TPSA) is 49.4 Å². The highest BCUT2D eigenvalue weighted by molar-refractivity contribution is 6.00. The van der Waals surface area contributed by atoms with Crippen molar-refractivity contribution < 1.29 is 9.59 Å². The van der Waals surface area contributed by atoms with Crippen LogP contribution in [-0.4, -0.2) is 24.4 Å². The van der Waals surface area contributed by atoms with Crippen molar-refractivity contribution in [2.24, 2.45) is 5.92 Å². The van der Waals surface area contributed by atoms with Crippen molar-refractivity contribution in [2.45, 2.75) is 52.5 Å². The van der Waals surface area contributed by atoms with Gasteiger partial charge in [0.15, 0.2) is 0 Å². The van der Waals surface area contributed by atoms with Crippen molar-refractivity contribution in [3.63, 3.8) is 0 Å². The van der Waals surface area contributed by atoms with Crippen LogP contribution < -0.4 is 10.2 Å². The molecule has 0 aromatic heterocycles. The lowest BCUT2D eigenvalue weighted by molar-refractivity contribution is -0.126. The van der Waals surface area contributed by atoms with Crippen molar-refractivity contribution in [1.29, 1.82) is 0 Å². The Balaban J connectivity index is 1.99. The second-order valence-electron chi connectivity index (χ2n) is 6.12. The Morgan fingerprint density at radius 3 is 2.59 bits per heavy atom. The number of anilines is 1. The summed E-state index contributed by atoms with van der Waals surface area (Å²) >= 11 is 0. The Morgan fingerprint density at radius 2 is 2.00 bits per heavy atom. The van der Waals surface area contributed by atoms with Gasteiger partial charge in [0.1, 0.15) is 0 Å². The highest BCUT2D eigenvalue weighted by Gasteiger charge is 2.35. The molecule has 1 heterocycles. The Hall–Kier alpha value is -1.84. The van der Waals surface area contributed by atoms with Gasteiger partial charge in [-0.2, -0.15) is 0 Å². The van der Waals surface area contributed by atoms with Crippen LogP contribution >= 0.6 is 0 Å². The van der Waals surface area contributed by atoms with Gasteiger partial charge < -0.3 is 10.2 Å². The zero-order valence-corrected chi connectivity index (χ0v) is 13.8. The van der Waals surface area contributed by atoms with Gasteiger partial charge in [-0.1, -0.05) is 32.4 Å². The smallest absolute Gasteiger partial charge is 0.227 e. The molecule has 1 aromatic rings. The zero-order valence-electron chi connectivity index (χ0n) is 13.8. The molecule has 4 heteroatoms. The van der Waals surface area contributed by atoms with E-state index in [1.165, 1.54) is 5.56 Å². The maximum Gasteiger partial charge on any atom is 0.227 e. The van der Waals surface area contributed by atoms with Crippen LogP contribution in [0.5, 0.6) is 0 Å². The summed E-state index contributed by atoms with van der Waals surface area (Å²) in [5.41, 5.74) is 2.14. The zero-order chi connectivity index (χ0) is 16.1. The number of rotatable bonds is 6. The first kappa shape index (κ1) is 16.5. The van der Waals surface area contributed by atoms with E-state index in [1.807, 2.05) is 31.2 Å². The summed E-state index contributed by atoms with van der Waals surface area (Å²) in [6.07, 6.45) is 3.30. The molecule has 4 nitrogen and oxygen atoms in total. The Kier molecular flexibility index (Phi) is 5.58. The van der Waals surface area contributed by atoms with E-state index >= 15 is 0 Å². The lowest BCUT2D eigenvalue weighted by Crippen LogP contribution is -2.38. The Bertz CT molecular complexity index is 524. The van der Waals surface area contributed by atoms with E-state index in [0.29, 0.717) is 13.0 Å². The molecule has 1 N–H and O–H groups in total. The number of hydrogen-bond donors (Lipinski definition) is 1. The van der Waals surface area contributed by atoms with Crippen LogP contribution in [0.2, 0.25) is 0 Å². The molecule has 0 spiro atoms. The maximum absolute atomic E-state index is 12.3. The number of benzene rings is 1. The first-order chi connectivity index (χ1) is 10.5. The predicted molar refractivity (Wildman–Crippen MR) is 88.8 cm³/mol. The van der Waals surface area contributed by atoms with E-state index in [1.54, 1.807) is 4.90 Å². The van der Waals surface area contributed by atoms with Crippen LogP contribution in [0.25, 0.3) is 0 Å². The van der Waals surface area contributed by atoms with Crippen molar-refractivity contribution in [3.8, 4) is 0 Å². The highest BCUT2D eigenvalue weighted by Crippen LogP contribution is 2.25. The first-order valence-corrected chi connectivity index (χ1v) is 8.24. The molecule has 0 aliphatic carbocycles. The van der Waals surface area contributed by atoms with Crippen molar-refractivity contribution in [3.05, 3.63) is 29.8 Å². The molecule has 1 aliphatic heterocycles. The number of amides is 2. The molecule has 2 unspecified atom stereocenters. The second-order valence-corrected chi connectivity index (χ2v) is 6.12. The SMILES string of the molecule is CCCC(C)NC(=O)C1CC(=O)N(c2ccc(CC)cc2)C1. The molecule has 1 saturated heterocycles. The number of hydrogen-bond acceptors (Lipinski definition) is 2. The number of carbonyl (C=O) groups is 2. The average Bonchev–Trinajstić information content (AvgIpc) is 2.89. The summed E-state index contributed by atoms with van der Waals surface area (Å²) < 4.78 is 0. The fraction of sp³-hybridized carbons (Fsp3) is 0.556. The van der Waals surface area contributed by atoms with Crippen LogP contribution in [0.3, 0.4) is 0 Å². The van der Waals surface area contributed by atoms with Gasteiger partial charge in [-0.3, -0.25) is 9.59 Å². The molecule has 1 aliphatic rings. The fourth-order valence-electron chi connectivity index (χ4n) is 2.91. The summed E-state index contributed by atoms with van der Waals surface area (Å²) in [7, 11) is 0. The minimum atomic E-state index is -0.238. The van der Waals surface area contributed by atoms with Crippen LogP contribution in [0.4, 0.5) is 5.69 Å². The van der Waals surface area contributed by atoms with E-state index in [2.05, 4.69) is 19.2 Å². The van der Waals surface area contributed by atoms with Gasteiger partial charge in [0.05, 0.1) is 5.92 Å². The monoisotopic (exact) mass is 302 g/mol. The normalized spacial score (nSPS) is 19.3. The molecule has 1 aromatic carbocycles. The number of nitrogens with one attached hydrogen (secondary N) is 1. The molecular weight excluding hydrogens is 276 g/mol. The molecule has 0 saturated carbocycles. The first-order valence-electron chi connectivity index (χ1n) is 8.24. The Morgan fingerprint density at radius 1 is 1.32 bits per heavy atom. The highest BCUT2D eigenvalue weighted by atomic mass is 16.2. The fourth-order valence-corrected chi connectivity index (χ4v) is 2.91. The van der Waals surface area contributed by atoms with Crippen LogP contribution in [0.15, 0.2) is 24.3 Å². The van der Waals surface area contributed by atoms with Gasteiger partial charge >= 0.3 is 0 Å². The van der Waals surface area contributed by atoms with Crippen LogP contribution in [-0.2, 0) is 16.0 Å². The van der Waals surface area contributed by atoms with E-state index in [9.17, 15) is 9.59 Å². The molecule has 120 valence electrons. The lowest BCUT2D eigenvalue weighted by Gasteiger charge is -2.18. The largest absolute Gasteiger partial charge is 0.353 e. The summed E-state index contributed by atoms with van der Waals surface area (Å²) in [5.74, 6) is -0.202. The summed E-state index contributed by atoms with van der Waals surface area (Å²) in [6.45, 7) is 6.70. The van der Waals surface area contributed by atoms with Gasteiger partial charge in [0.25, 0.3) is 0 Å². The second kappa shape index (κ2) is 7.43. The molecule has 22 heavy (non-hydrogen) atoms. The van der Waals surface area contributed by atoms with Crippen molar-refractivity contribution in [1.82, 2.24) is 5.32 Å². The molecule has 2 atom stereocenters. The van der Waals surface area contributed by atoms with E-state index in [0.717, 1.165) is 24.9 Å². The predicted octanol–water partition coefficient (Wildman–Crippen LogP) is 2.91. The van der Waals surface area contributed by atoms with Gasteiger partial charge in [-0.15, -0.1) is 0 Å². The number of aryl methyl sites for hydroxylation is 1. The van der Waals surface area contributed by atoms with Crippen LogP contribution in [0.1, 0.15) is 45.6 Å². The van der Waals surface area contributed by atoms with E-state index in [4.69, 9.17) is 0 Å². The van der Waals surface area contributed by atoms with E-state index < -0.39 is 0 Å². The molecule has 1 fully saturated rings. The van der Waals surface area contributed by atoms with Crippen molar-refractivity contribution >= 4 is 17.5 Å². The molecule has 0 radical (unpaired) electrons. The minimum Gasteiger partial charge on any atom is -0.353 e. The standard InChI is InChI=1S/C18H26N2O2/c1-4-6-13(3)19-18(22)15-11-17(21)20(12-15)16-9-7-14(5-2)8-10-16/h7-10,13,15H,4-6,11-12H2,1-3H3,(H,19,22). The average molecular weight is 302 g/mol. The third-order valence-corrected chi connectivity index (χ3v) is 4.26. The summed E-state index contributed by atoms with van der Waals surface area (Å²) in [5, 5.41) is 3.02. The molecule has 2 rings (SSSR count). The van der Waals surface area contributed by atoms with Gasteiger partial charge in [0.2, 0.25) is 11.8 Å². The maximum atomic E-state index is 12.3. The summed E-state index contributed by atoms with van der Waals surface area (Å²) in [6, 6.07) is 8.19. The third kappa shape index (κ3) is 3.87. The molecule has 0 bridgehead atoms. The van der Waals surface area contributed by atoms with Gasteiger partial charge in [0, 0.05) is 24.7 Å². The number of nitrogens with zero attached hydrogens (tertiary/aromatic N) is 1. The van der Waals surface area contributed by atoms with Crippen LogP contribution in [0, 0.1) is 5.92 Å². The number of carbonyl (C=O) groups excluding carboxylic acids is 2. The quantitative estimate of drug-likeness (QED) is 0.878. The lowest BCUT2D eigenvalue weighted by atomic mass is 10.1. The molecular formula is C18H26N2O2. The van der Waals surface area contributed by atoms with Gasteiger partial charge in [-0.05, 0) is 37.5 Å². The van der Waals surface area contributed by atoms with E-state index in [-0.39, 0.29) is 23.8 Å². The van der Waals surface area contributed by atoms with Gasteiger partial charge in [-0.25, -0.2) is 0 Å². The Labute approximate surface area is 132 Å². The summed E-state index contributed by atoms with van der Waals surface area (Å²) in [4.78, 5) is 26.2. The third-order valence-electron chi connectivity index (χ3n) is 4.26. The van der Waals surface area contributed by atoms with Crippen molar-refractivity contribution in [2.75, 3.05) is 11.4 Å². The molecule has 2 amide bonds.